The first-order valence-electron chi connectivity index (χ1n) is 6.26. The lowest BCUT2D eigenvalue weighted by molar-refractivity contribution is -0.136. The molecule has 1 fully saturated rings. The second-order valence-corrected chi connectivity index (χ2v) is 4.66. The van der Waals surface area contributed by atoms with Crippen LogP contribution >= 0.6 is 0 Å². The van der Waals surface area contributed by atoms with Gasteiger partial charge in [0.05, 0.1) is 24.3 Å². The van der Waals surface area contributed by atoms with E-state index in [4.69, 9.17) is 15.7 Å². The molecule has 1 aromatic carbocycles. The molecule has 1 saturated heterocycles. The van der Waals surface area contributed by atoms with Gasteiger partial charge in [-0.2, -0.15) is 5.26 Å². The molecule has 0 aromatic heterocycles. The van der Waals surface area contributed by atoms with Crippen LogP contribution in [0.4, 0.5) is 0 Å². The van der Waals surface area contributed by atoms with E-state index in [-0.39, 0.29) is 12.0 Å². The monoisotopic (exact) mass is 259 g/mol. The minimum atomic E-state index is -0.444. The van der Waals surface area contributed by atoms with Gasteiger partial charge in [0.2, 0.25) is 5.91 Å². The Hall–Kier alpha value is -1.90. The Bertz CT molecular complexity index is 510. The van der Waals surface area contributed by atoms with Gasteiger partial charge in [0.1, 0.15) is 6.04 Å². The van der Waals surface area contributed by atoms with Crippen molar-refractivity contribution in [2.75, 3.05) is 13.2 Å². The fourth-order valence-electron chi connectivity index (χ4n) is 2.46. The van der Waals surface area contributed by atoms with Crippen molar-refractivity contribution in [2.24, 2.45) is 5.73 Å². The molecule has 0 spiro atoms. The van der Waals surface area contributed by atoms with Gasteiger partial charge in [-0.1, -0.05) is 18.2 Å². The average molecular weight is 259 g/mol. The molecular weight excluding hydrogens is 242 g/mol. The van der Waals surface area contributed by atoms with E-state index in [2.05, 4.69) is 6.07 Å². The van der Waals surface area contributed by atoms with Gasteiger partial charge in [0.25, 0.3) is 0 Å². The van der Waals surface area contributed by atoms with Crippen molar-refractivity contribution in [1.29, 1.82) is 5.26 Å². The SMILES string of the molecule is C[C@H]1OCCN(Cc2ccccc2C#N)[C@@H]1C(N)=O. The maximum absolute atomic E-state index is 11.6. The van der Waals surface area contributed by atoms with E-state index in [1.54, 1.807) is 6.07 Å². The van der Waals surface area contributed by atoms with Crippen molar-refractivity contribution < 1.29 is 9.53 Å². The summed E-state index contributed by atoms with van der Waals surface area (Å²) in [5, 5.41) is 9.09. The number of amides is 1. The third-order valence-corrected chi connectivity index (χ3v) is 3.40. The highest BCUT2D eigenvalue weighted by atomic mass is 16.5. The summed E-state index contributed by atoms with van der Waals surface area (Å²) in [6.45, 7) is 3.58. The van der Waals surface area contributed by atoms with Gasteiger partial charge in [-0.05, 0) is 18.6 Å². The molecule has 2 N–H and O–H groups in total. The van der Waals surface area contributed by atoms with Crippen LogP contribution in [-0.2, 0) is 16.1 Å². The van der Waals surface area contributed by atoms with Crippen LogP contribution in [-0.4, -0.2) is 36.1 Å². The highest BCUT2D eigenvalue weighted by molar-refractivity contribution is 5.80. The van der Waals surface area contributed by atoms with E-state index in [0.29, 0.717) is 25.3 Å². The van der Waals surface area contributed by atoms with Crippen molar-refractivity contribution in [1.82, 2.24) is 4.90 Å². The Morgan fingerprint density at radius 1 is 1.58 bits per heavy atom. The summed E-state index contributed by atoms with van der Waals surface area (Å²) in [5.41, 5.74) is 6.98. The van der Waals surface area contributed by atoms with Crippen molar-refractivity contribution in [3.05, 3.63) is 35.4 Å². The zero-order chi connectivity index (χ0) is 13.8. The molecule has 2 rings (SSSR count). The number of primary amides is 1. The van der Waals surface area contributed by atoms with E-state index in [9.17, 15) is 4.79 Å². The zero-order valence-corrected chi connectivity index (χ0v) is 10.9. The van der Waals surface area contributed by atoms with Gasteiger partial charge >= 0.3 is 0 Å². The topological polar surface area (TPSA) is 79.3 Å². The summed E-state index contributed by atoms with van der Waals surface area (Å²) in [7, 11) is 0. The molecule has 0 unspecified atom stereocenters. The van der Waals surface area contributed by atoms with E-state index in [1.165, 1.54) is 0 Å². The van der Waals surface area contributed by atoms with Gasteiger partial charge in [-0.3, -0.25) is 9.69 Å². The van der Waals surface area contributed by atoms with Gasteiger partial charge in [0, 0.05) is 13.1 Å². The molecule has 1 heterocycles. The summed E-state index contributed by atoms with van der Waals surface area (Å²) in [6, 6.07) is 9.12. The second-order valence-electron chi connectivity index (χ2n) is 4.66. The molecule has 0 saturated carbocycles. The maximum Gasteiger partial charge on any atom is 0.237 e. The van der Waals surface area contributed by atoms with E-state index < -0.39 is 6.04 Å². The van der Waals surface area contributed by atoms with Crippen molar-refractivity contribution in [3.63, 3.8) is 0 Å². The number of morpholine rings is 1. The van der Waals surface area contributed by atoms with Crippen LogP contribution < -0.4 is 5.73 Å². The first-order valence-corrected chi connectivity index (χ1v) is 6.26. The zero-order valence-electron chi connectivity index (χ0n) is 10.9. The highest BCUT2D eigenvalue weighted by Crippen LogP contribution is 2.18. The molecule has 1 aliphatic rings. The largest absolute Gasteiger partial charge is 0.375 e. The van der Waals surface area contributed by atoms with Crippen molar-refractivity contribution >= 4 is 5.91 Å². The van der Waals surface area contributed by atoms with Gasteiger partial charge in [-0.25, -0.2) is 0 Å². The Kier molecular flexibility index (Phi) is 4.15. The van der Waals surface area contributed by atoms with Crippen LogP contribution in [0.2, 0.25) is 0 Å². The first kappa shape index (κ1) is 13.5. The summed E-state index contributed by atoms with van der Waals surface area (Å²) < 4.78 is 5.47. The molecule has 5 nitrogen and oxygen atoms in total. The summed E-state index contributed by atoms with van der Waals surface area (Å²) in [4.78, 5) is 13.5. The third kappa shape index (κ3) is 2.92. The lowest BCUT2D eigenvalue weighted by atomic mass is 10.0. The second kappa shape index (κ2) is 5.83. The number of carbonyl (C=O) groups excluding carboxylic acids is 1. The van der Waals surface area contributed by atoms with E-state index in [0.717, 1.165) is 5.56 Å². The number of hydrogen-bond acceptors (Lipinski definition) is 4. The molecule has 0 radical (unpaired) electrons. The Labute approximate surface area is 112 Å². The van der Waals surface area contributed by atoms with E-state index in [1.807, 2.05) is 30.0 Å². The number of nitrogens with two attached hydrogens (primary N) is 1. The first-order chi connectivity index (χ1) is 9.13. The Balaban J connectivity index is 2.21. The molecule has 1 amide bonds. The minimum absolute atomic E-state index is 0.222. The van der Waals surface area contributed by atoms with Crippen LogP contribution in [0.25, 0.3) is 0 Å². The molecule has 1 aliphatic heterocycles. The normalized spacial score (nSPS) is 23.8. The fourth-order valence-corrected chi connectivity index (χ4v) is 2.46. The third-order valence-electron chi connectivity index (χ3n) is 3.40. The lowest BCUT2D eigenvalue weighted by Crippen LogP contribution is -2.56. The van der Waals surface area contributed by atoms with Crippen LogP contribution in [0.3, 0.4) is 0 Å². The van der Waals surface area contributed by atoms with Crippen molar-refractivity contribution in [3.8, 4) is 6.07 Å². The smallest absolute Gasteiger partial charge is 0.237 e. The van der Waals surface area contributed by atoms with Gasteiger partial charge < -0.3 is 10.5 Å². The van der Waals surface area contributed by atoms with Gasteiger partial charge in [0.15, 0.2) is 0 Å². The molecular formula is C14H17N3O2. The quantitative estimate of drug-likeness (QED) is 0.863. The number of carbonyl (C=O) groups is 1. The van der Waals surface area contributed by atoms with Crippen LogP contribution in [0, 0.1) is 11.3 Å². The molecule has 0 bridgehead atoms. The number of nitrogens with zero attached hydrogens (tertiary/aromatic N) is 2. The van der Waals surface area contributed by atoms with Crippen LogP contribution in [0.15, 0.2) is 24.3 Å². The Morgan fingerprint density at radius 3 is 3.00 bits per heavy atom. The predicted octanol–water partition coefficient (Wildman–Crippen LogP) is 0.633. The van der Waals surface area contributed by atoms with Crippen LogP contribution in [0.5, 0.6) is 0 Å². The van der Waals surface area contributed by atoms with Crippen molar-refractivity contribution in [2.45, 2.75) is 25.6 Å². The molecule has 5 heteroatoms. The molecule has 19 heavy (non-hydrogen) atoms. The van der Waals surface area contributed by atoms with E-state index >= 15 is 0 Å². The molecule has 0 aliphatic carbocycles. The number of hydrogen-bond donors (Lipinski definition) is 1. The number of ether oxygens (including phenoxy) is 1. The standard InChI is InChI=1S/C14H17N3O2/c1-10-13(14(16)18)17(6-7-19-10)9-12-5-3-2-4-11(12)8-15/h2-5,10,13H,6-7,9H2,1H3,(H2,16,18)/t10-,13+/m1/s1. The van der Waals surface area contributed by atoms with Gasteiger partial charge in [-0.15, -0.1) is 0 Å². The molecule has 1 aromatic rings. The lowest BCUT2D eigenvalue weighted by Gasteiger charge is -2.38. The summed E-state index contributed by atoms with van der Waals surface area (Å²) >= 11 is 0. The predicted molar refractivity (Wildman–Crippen MR) is 70.0 cm³/mol. The summed E-state index contributed by atoms with van der Waals surface area (Å²) in [6.07, 6.45) is -0.222. The maximum atomic E-state index is 11.6. The Morgan fingerprint density at radius 2 is 2.32 bits per heavy atom. The summed E-state index contributed by atoms with van der Waals surface area (Å²) in [5.74, 6) is -0.387. The fraction of sp³-hybridized carbons (Fsp3) is 0.429. The highest BCUT2D eigenvalue weighted by Gasteiger charge is 2.33. The minimum Gasteiger partial charge on any atom is -0.375 e. The average Bonchev–Trinajstić information content (AvgIpc) is 2.39. The molecule has 100 valence electrons. The van der Waals surface area contributed by atoms with Crippen LogP contribution in [0.1, 0.15) is 18.1 Å². The molecule has 2 atom stereocenters. The number of nitriles is 1. The number of benzene rings is 1. The number of rotatable bonds is 3.